The van der Waals surface area contributed by atoms with Crippen molar-refractivity contribution >= 4 is 5.78 Å². The van der Waals surface area contributed by atoms with Crippen LogP contribution in [-0.4, -0.2) is 5.78 Å². The lowest BCUT2D eigenvalue weighted by atomic mass is 9.81. The zero-order valence-corrected chi connectivity index (χ0v) is 8.11. The number of carbonyl (C=O) groups is 1. The number of Topliss-reactive ketones (excluding diaryl/α,β-unsaturated/α-hetero) is 1. The highest BCUT2D eigenvalue weighted by atomic mass is 16.1. The molecule has 0 saturated heterocycles. The maximum atomic E-state index is 11.4. The summed E-state index contributed by atoms with van der Waals surface area (Å²) >= 11 is 0. The summed E-state index contributed by atoms with van der Waals surface area (Å²) in [6.45, 7) is 9.87. The summed E-state index contributed by atoms with van der Waals surface area (Å²) < 4.78 is 0. The number of rotatable bonds is 1. The van der Waals surface area contributed by atoms with E-state index in [0.717, 1.165) is 17.6 Å². The summed E-state index contributed by atoms with van der Waals surface area (Å²) in [6.07, 6.45) is 1.69. The van der Waals surface area contributed by atoms with Crippen LogP contribution in [0.5, 0.6) is 0 Å². The molecule has 0 fully saturated rings. The van der Waals surface area contributed by atoms with Crippen LogP contribution in [0.1, 0.15) is 33.6 Å². The van der Waals surface area contributed by atoms with Crippen LogP contribution < -0.4 is 0 Å². The molecule has 1 nitrogen and oxygen atoms in total. The number of hydrogen-bond acceptors (Lipinski definition) is 1. The number of hydrogen-bond donors (Lipinski definition) is 0. The van der Waals surface area contributed by atoms with Crippen molar-refractivity contribution in [3.8, 4) is 0 Å². The molecular formula is C11H16O. The molecule has 0 aromatic rings. The molecule has 0 saturated carbocycles. The molecule has 0 N–H and O–H groups in total. The number of ketones is 1. The van der Waals surface area contributed by atoms with E-state index in [2.05, 4.69) is 6.58 Å². The molecule has 66 valence electrons. The highest BCUT2D eigenvalue weighted by Crippen LogP contribution is 2.30. The summed E-state index contributed by atoms with van der Waals surface area (Å²) in [5, 5.41) is 0. The topological polar surface area (TPSA) is 17.1 Å². The summed E-state index contributed by atoms with van der Waals surface area (Å²) in [5.41, 5.74) is 3.34. The molecule has 0 bridgehead atoms. The summed E-state index contributed by atoms with van der Waals surface area (Å²) in [5.74, 6) is 0.688. The zero-order valence-electron chi connectivity index (χ0n) is 8.11. The third-order valence-electron chi connectivity index (χ3n) is 2.74. The van der Waals surface area contributed by atoms with Gasteiger partial charge in [0.1, 0.15) is 0 Å². The van der Waals surface area contributed by atoms with Gasteiger partial charge in [-0.1, -0.05) is 17.7 Å². The van der Waals surface area contributed by atoms with Crippen molar-refractivity contribution in [1.82, 2.24) is 0 Å². The Balaban J connectivity index is 2.85. The van der Waals surface area contributed by atoms with E-state index in [1.807, 2.05) is 20.8 Å². The van der Waals surface area contributed by atoms with Crippen molar-refractivity contribution in [1.29, 1.82) is 0 Å². The molecule has 12 heavy (non-hydrogen) atoms. The van der Waals surface area contributed by atoms with Gasteiger partial charge >= 0.3 is 0 Å². The highest BCUT2D eigenvalue weighted by molar-refractivity contribution is 5.96. The minimum absolute atomic E-state index is 0.298. The number of carbonyl (C=O) groups excluding carboxylic acids is 1. The van der Waals surface area contributed by atoms with Gasteiger partial charge in [0.15, 0.2) is 5.78 Å². The molecule has 0 radical (unpaired) electrons. The molecule has 0 heterocycles. The van der Waals surface area contributed by atoms with Gasteiger partial charge in [0.2, 0.25) is 0 Å². The second-order valence-corrected chi connectivity index (χ2v) is 3.78. The van der Waals surface area contributed by atoms with Gasteiger partial charge < -0.3 is 0 Å². The van der Waals surface area contributed by atoms with Crippen molar-refractivity contribution in [3.63, 3.8) is 0 Å². The normalized spacial score (nSPS) is 24.6. The van der Waals surface area contributed by atoms with Crippen LogP contribution in [0.25, 0.3) is 0 Å². The van der Waals surface area contributed by atoms with Gasteiger partial charge in [-0.05, 0) is 38.7 Å². The van der Waals surface area contributed by atoms with Gasteiger partial charge in [0.25, 0.3) is 0 Å². The van der Waals surface area contributed by atoms with Crippen LogP contribution in [0.3, 0.4) is 0 Å². The standard InChI is InChI=1S/C11H16O/c1-7(2)10-5-8(3)9(4)11(12)6-10/h10H,1,5-6H2,2-4H3/t10-/m0/s1. The maximum Gasteiger partial charge on any atom is 0.159 e. The molecule has 1 aliphatic rings. The van der Waals surface area contributed by atoms with E-state index < -0.39 is 0 Å². The van der Waals surface area contributed by atoms with Gasteiger partial charge in [-0.25, -0.2) is 0 Å². The fourth-order valence-corrected chi connectivity index (χ4v) is 1.56. The van der Waals surface area contributed by atoms with E-state index >= 15 is 0 Å². The van der Waals surface area contributed by atoms with Crippen LogP contribution in [0.15, 0.2) is 23.3 Å². The van der Waals surface area contributed by atoms with E-state index in [4.69, 9.17) is 0 Å². The molecule has 1 heteroatoms. The molecule has 1 aliphatic carbocycles. The fraction of sp³-hybridized carbons (Fsp3) is 0.545. The lowest BCUT2D eigenvalue weighted by Gasteiger charge is -2.23. The molecule has 0 spiro atoms. The molecule has 1 rings (SSSR count). The average molecular weight is 164 g/mol. The van der Waals surface area contributed by atoms with E-state index in [-0.39, 0.29) is 0 Å². The van der Waals surface area contributed by atoms with Gasteiger partial charge in [0.05, 0.1) is 0 Å². The summed E-state index contributed by atoms with van der Waals surface area (Å²) in [4.78, 5) is 11.4. The lowest BCUT2D eigenvalue weighted by Crippen LogP contribution is -2.17. The van der Waals surface area contributed by atoms with Crippen molar-refractivity contribution in [3.05, 3.63) is 23.3 Å². The molecule has 1 atom stereocenters. The summed E-state index contributed by atoms with van der Waals surface area (Å²) in [7, 11) is 0. The van der Waals surface area contributed by atoms with Crippen LogP contribution in [0.2, 0.25) is 0 Å². The first kappa shape index (κ1) is 9.24. The second-order valence-electron chi connectivity index (χ2n) is 3.78. The van der Waals surface area contributed by atoms with Crippen LogP contribution in [-0.2, 0) is 4.79 Å². The van der Waals surface area contributed by atoms with E-state index in [1.54, 1.807) is 0 Å². The largest absolute Gasteiger partial charge is 0.295 e. The zero-order chi connectivity index (χ0) is 9.30. The molecule has 0 aromatic heterocycles. The predicted molar refractivity (Wildman–Crippen MR) is 50.9 cm³/mol. The Hall–Kier alpha value is -0.850. The predicted octanol–water partition coefficient (Wildman–Crippen LogP) is 2.88. The minimum Gasteiger partial charge on any atom is -0.295 e. The number of allylic oxidation sites excluding steroid dienone is 3. The van der Waals surface area contributed by atoms with Gasteiger partial charge in [-0.3, -0.25) is 4.79 Å². The lowest BCUT2D eigenvalue weighted by molar-refractivity contribution is -0.116. The Labute approximate surface area is 74.2 Å². The van der Waals surface area contributed by atoms with Crippen molar-refractivity contribution in [2.75, 3.05) is 0 Å². The molecule has 0 unspecified atom stereocenters. The smallest absolute Gasteiger partial charge is 0.159 e. The van der Waals surface area contributed by atoms with E-state index in [1.165, 1.54) is 5.57 Å². The van der Waals surface area contributed by atoms with E-state index in [9.17, 15) is 4.79 Å². The monoisotopic (exact) mass is 164 g/mol. The first-order valence-corrected chi connectivity index (χ1v) is 4.37. The first-order chi connectivity index (χ1) is 5.52. The SMILES string of the molecule is C=C(C)[C@@H]1CC(=O)C(C)=C(C)C1. The van der Waals surface area contributed by atoms with Gasteiger partial charge in [-0.2, -0.15) is 0 Å². The van der Waals surface area contributed by atoms with E-state index in [0.29, 0.717) is 18.1 Å². The molecule has 0 amide bonds. The third-order valence-corrected chi connectivity index (χ3v) is 2.74. The Morgan fingerprint density at radius 2 is 2.00 bits per heavy atom. The highest BCUT2D eigenvalue weighted by Gasteiger charge is 2.22. The van der Waals surface area contributed by atoms with Crippen molar-refractivity contribution < 1.29 is 4.79 Å². The van der Waals surface area contributed by atoms with Crippen LogP contribution in [0.4, 0.5) is 0 Å². The van der Waals surface area contributed by atoms with Crippen molar-refractivity contribution in [2.45, 2.75) is 33.6 Å². The Bertz CT molecular complexity index is 258. The quantitative estimate of drug-likeness (QED) is 0.545. The Morgan fingerprint density at radius 1 is 1.42 bits per heavy atom. The minimum atomic E-state index is 0.298. The second kappa shape index (κ2) is 3.26. The van der Waals surface area contributed by atoms with Gasteiger partial charge in [-0.15, -0.1) is 0 Å². The molecule has 0 aromatic carbocycles. The molecule has 0 aliphatic heterocycles. The average Bonchev–Trinajstić information content (AvgIpc) is 1.99. The first-order valence-electron chi connectivity index (χ1n) is 4.37. The maximum absolute atomic E-state index is 11.4. The fourth-order valence-electron chi connectivity index (χ4n) is 1.56. The third kappa shape index (κ3) is 1.66. The van der Waals surface area contributed by atoms with Crippen molar-refractivity contribution in [2.24, 2.45) is 5.92 Å². The summed E-state index contributed by atoms with van der Waals surface area (Å²) in [6, 6.07) is 0. The van der Waals surface area contributed by atoms with Crippen LogP contribution in [0, 0.1) is 5.92 Å². The van der Waals surface area contributed by atoms with Gasteiger partial charge in [0, 0.05) is 6.42 Å². The Kier molecular flexibility index (Phi) is 2.51. The van der Waals surface area contributed by atoms with Crippen LogP contribution >= 0.6 is 0 Å². The Morgan fingerprint density at radius 3 is 2.42 bits per heavy atom. The molecular weight excluding hydrogens is 148 g/mol.